The van der Waals surface area contributed by atoms with Crippen molar-refractivity contribution in [3.8, 4) is 0 Å². The number of nitrogens with two attached hydrogens (primary N) is 1. The highest BCUT2D eigenvalue weighted by atomic mass is 79.9. The van der Waals surface area contributed by atoms with Crippen LogP contribution in [0.1, 0.15) is 30.5 Å². The van der Waals surface area contributed by atoms with Gasteiger partial charge >= 0.3 is 0 Å². The van der Waals surface area contributed by atoms with Crippen molar-refractivity contribution >= 4 is 15.9 Å². The molecule has 2 nitrogen and oxygen atoms in total. The van der Waals surface area contributed by atoms with E-state index < -0.39 is 0 Å². The fourth-order valence-corrected chi connectivity index (χ4v) is 3.20. The van der Waals surface area contributed by atoms with Crippen LogP contribution in [0.15, 0.2) is 22.7 Å². The van der Waals surface area contributed by atoms with Crippen LogP contribution in [0.5, 0.6) is 0 Å². The quantitative estimate of drug-likeness (QED) is 0.929. The molecular weight excluding hydrogens is 276 g/mol. The van der Waals surface area contributed by atoms with Crippen LogP contribution in [-0.4, -0.2) is 24.5 Å². The van der Waals surface area contributed by atoms with Gasteiger partial charge in [0.05, 0.1) is 0 Å². The van der Waals surface area contributed by atoms with Gasteiger partial charge in [-0.2, -0.15) is 0 Å². The molecule has 1 fully saturated rings. The zero-order valence-corrected chi connectivity index (χ0v) is 12.2. The van der Waals surface area contributed by atoms with Gasteiger partial charge in [-0.15, -0.1) is 0 Å². The molecule has 2 rings (SSSR count). The summed E-state index contributed by atoms with van der Waals surface area (Å²) < 4.78 is 1.20. The third-order valence-corrected chi connectivity index (χ3v) is 4.73. The standard InChI is InChI=1S/C14H21BrN2/c1-3-17-7-6-12(9-16)14(17)11-5-4-10(2)13(15)8-11/h4-5,8,12,14H,3,6-7,9,16H2,1-2H3. The lowest BCUT2D eigenvalue weighted by atomic mass is 9.93. The van der Waals surface area contributed by atoms with Crippen LogP contribution in [0.2, 0.25) is 0 Å². The van der Waals surface area contributed by atoms with Crippen molar-refractivity contribution in [2.24, 2.45) is 11.7 Å². The van der Waals surface area contributed by atoms with Crippen molar-refractivity contribution in [2.45, 2.75) is 26.3 Å². The Labute approximate surface area is 112 Å². The molecular formula is C14H21BrN2. The topological polar surface area (TPSA) is 29.3 Å². The summed E-state index contributed by atoms with van der Waals surface area (Å²) in [4.78, 5) is 2.54. The molecule has 1 aromatic rings. The predicted octanol–water partition coefficient (Wildman–Crippen LogP) is 3.10. The smallest absolute Gasteiger partial charge is 0.0389 e. The van der Waals surface area contributed by atoms with Crippen LogP contribution in [0, 0.1) is 12.8 Å². The molecule has 1 heterocycles. The van der Waals surface area contributed by atoms with Gasteiger partial charge in [-0.05, 0) is 56.1 Å². The summed E-state index contributed by atoms with van der Waals surface area (Å²) in [6, 6.07) is 7.21. The summed E-state index contributed by atoms with van der Waals surface area (Å²) >= 11 is 3.63. The lowest BCUT2D eigenvalue weighted by Crippen LogP contribution is -2.28. The molecule has 0 aliphatic carbocycles. The van der Waals surface area contributed by atoms with E-state index in [1.54, 1.807) is 0 Å². The predicted molar refractivity (Wildman–Crippen MR) is 76.0 cm³/mol. The van der Waals surface area contributed by atoms with Crippen LogP contribution in [-0.2, 0) is 0 Å². The van der Waals surface area contributed by atoms with Crippen LogP contribution in [0.4, 0.5) is 0 Å². The number of hydrogen-bond donors (Lipinski definition) is 1. The molecule has 94 valence electrons. The maximum atomic E-state index is 5.91. The molecule has 0 saturated carbocycles. The molecule has 0 amide bonds. The summed E-state index contributed by atoms with van der Waals surface area (Å²) in [6.45, 7) is 7.42. The Balaban J connectivity index is 2.31. The second kappa shape index (κ2) is 5.51. The van der Waals surface area contributed by atoms with Gasteiger partial charge in [0.15, 0.2) is 0 Å². The van der Waals surface area contributed by atoms with Gasteiger partial charge in [-0.1, -0.05) is 35.0 Å². The highest BCUT2D eigenvalue weighted by Gasteiger charge is 2.33. The number of benzene rings is 1. The number of hydrogen-bond acceptors (Lipinski definition) is 2. The Kier molecular flexibility index (Phi) is 4.23. The largest absolute Gasteiger partial charge is 0.330 e. The number of likely N-dealkylation sites (tertiary alicyclic amines) is 1. The molecule has 1 aromatic carbocycles. The van der Waals surface area contributed by atoms with Gasteiger partial charge in [-0.25, -0.2) is 0 Å². The van der Waals surface area contributed by atoms with Crippen molar-refractivity contribution in [3.63, 3.8) is 0 Å². The van der Waals surface area contributed by atoms with E-state index in [0.717, 1.165) is 13.1 Å². The molecule has 3 heteroatoms. The van der Waals surface area contributed by atoms with E-state index in [-0.39, 0.29) is 0 Å². The molecule has 2 atom stereocenters. The summed E-state index contributed by atoms with van der Waals surface area (Å²) in [7, 11) is 0. The van der Waals surface area contributed by atoms with Crippen molar-refractivity contribution < 1.29 is 0 Å². The Morgan fingerprint density at radius 3 is 2.82 bits per heavy atom. The molecule has 0 aromatic heterocycles. The van der Waals surface area contributed by atoms with E-state index in [0.29, 0.717) is 12.0 Å². The summed E-state index contributed by atoms with van der Waals surface area (Å²) in [5, 5.41) is 0. The third kappa shape index (κ3) is 2.56. The first kappa shape index (κ1) is 13.1. The summed E-state index contributed by atoms with van der Waals surface area (Å²) in [5.41, 5.74) is 8.60. The molecule has 17 heavy (non-hydrogen) atoms. The molecule has 2 N–H and O–H groups in total. The molecule has 1 aliphatic heterocycles. The van der Waals surface area contributed by atoms with E-state index in [1.807, 2.05) is 0 Å². The number of rotatable bonds is 3. The van der Waals surface area contributed by atoms with Gasteiger partial charge in [0.1, 0.15) is 0 Å². The molecule has 0 spiro atoms. The minimum atomic E-state index is 0.502. The SMILES string of the molecule is CCN1CCC(CN)C1c1ccc(C)c(Br)c1. The third-order valence-electron chi connectivity index (χ3n) is 3.87. The molecule has 1 aliphatic rings. The highest BCUT2D eigenvalue weighted by molar-refractivity contribution is 9.10. The van der Waals surface area contributed by atoms with Gasteiger partial charge < -0.3 is 5.73 Å². The first-order valence-corrected chi connectivity index (χ1v) is 7.16. The van der Waals surface area contributed by atoms with E-state index >= 15 is 0 Å². The zero-order chi connectivity index (χ0) is 12.4. The fraction of sp³-hybridized carbons (Fsp3) is 0.571. The van der Waals surface area contributed by atoms with E-state index in [2.05, 4.69) is 52.9 Å². The molecule has 0 bridgehead atoms. The second-order valence-electron chi connectivity index (χ2n) is 4.87. The van der Waals surface area contributed by atoms with E-state index in [1.165, 1.54) is 28.6 Å². The van der Waals surface area contributed by atoms with Crippen LogP contribution < -0.4 is 5.73 Å². The zero-order valence-electron chi connectivity index (χ0n) is 10.6. The Morgan fingerprint density at radius 1 is 1.47 bits per heavy atom. The Hall–Kier alpha value is -0.380. The highest BCUT2D eigenvalue weighted by Crippen LogP contribution is 2.37. The van der Waals surface area contributed by atoms with Gasteiger partial charge in [0.2, 0.25) is 0 Å². The monoisotopic (exact) mass is 296 g/mol. The van der Waals surface area contributed by atoms with Crippen molar-refractivity contribution in [3.05, 3.63) is 33.8 Å². The lowest BCUT2D eigenvalue weighted by Gasteiger charge is -2.27. The first-order valence-electron chi connectivity index (χ1n) is 6.37. The van der Waals surface area contributed by atoms with E-state index in [4.69, 9.17) is 5.73 Å². The lowest BCUT2D eigenvalue weighted by molar-refractivity contribution is 0.242. The average molecular weight is 297 g/mol. The average Bonchev–Trinajstić information content (AvgIpc) is 2.75. The minimum absolute atomic E-state index is 0.502. The molecule has 1 saturated heterocycles. The van der Waals surface area contributed by atoms with Crippen molar-refractivity contribution in [1.29, 1.82) is 0 Å². The van der Waals surface area contributed by atoms with E-state index in [9.17, 15) is 0 Å². The van der Waals surface area contributed by atoms with Crippen LogP contribution in [0.3, 0.4) is 0 Å². The number of aryl methyl sites for hydroxylation is 1. The maximum absolute atomic E-state index is 5.91. The van der Waals surface area contributed by atoms with Gasteiger partial charge in [-0.3, -0.25) is 4.90 Å². The van der Waals surface area contributed by atoms with Gasteiger partial charge in [0, 0.05) is 10.5 Å². The number of halogens is 1. The van der Waals surface area contributed by atoms with Crippen molar-refractivity contribution in [2.75, 3.05) is 19.6 Å². The maximum Gasteiger partial charge on any atom is 0.0389 e. The van der Waals surface area contributed by atoms with Gasteiger partial charge in [0.25, 0.3) is 0 Å². The Morgan fingerprint density at radius 2 is 2.24 bits per heavy atom. The second-order valence-corrected chi connectivity index (χ2v) is 5.72. The Bertz CT molecular complexity index is 380. The molecule has 0 radical (unpaired) electrons. The minimum Gasteiger partial charge on any atom is -0.330 e. The number of nitrogens with zero attached hydrogens (tertiary/aromatic N) is 1. The van der Waals surface area contributed by atoms with Crippen molar-refractivity contribution in [1.82, 2.24) is 4.90 Å². The molecule has 2 unspecified atom stereocenters. The summed E-state index contributed by atoms with van der Waals surface area (Å²) in [5.74, 6) is 0.601. The first-order chi connectivity index (χ1) is 8.17. The van der Waals surface area contributed by atoms with Crippen LogP contribution >= 0.6 is 15.9 Å². The summed E-state index contributed by atoms with van der Waals surface area (Å²) in [6.07, 6.45) is 1.22. The normalized spacial score (nSPS) is 25.4. The fourth-order valence-electron chi connectivity index (χ4n) is 2.80. The van der Waals surface area contributed by atoms with Crippen LogP contribution in [0.25, 0.3) is 0 Å².